The molecule has 4 aromatic rings. The van der Waals surface area contributed by atoms with E-state index in [0.29, 0.717) is 17.1 Å². The third kappa shape index (κ3) is 3.87. The van der Waals surface area contributed by atoms with Crippen LogP contribution in [-0.2, 0) is 6.54 Å². The number of aromatic nitrogens is 3. The molecule has 0 aliphatic carbocycles. The molecule has 3 aromatic heterocycles. The molecule has 0 unspecified atom stereocenters. The van der Waals surface area contributed by atoms with Crippen molar-refractivity contribution < 1.29 is 4.79 Å². The third-order valence-corrected chi connectivity index (χ3v) is 5.24. The number of carbonyl (C=O) groups is 1. The monoisotopic (exact) mass is 404 g/mol. The van der Waals surface area contributed by atoms with Crippen molar-refractivity contribution in [3.8, 4) is 0 Å². The molecule has 3 heterocycles. The average Bonchev–Trinajstić information content (AvgIpc) is 3.00. The number of nitrogens with one attached hydrogen (secondary N) is 1. The summed E-state index contributed by atoms with van der Waals surface area (Å²) in [6.07, 6.45) is 7.22. The Bertz CT molecular complexity index is 1210. The maximum atomic E-state index is 12.8. The number of hydrogen-bond donors (Lipinski definition) is 1. The predicted molar refractivity (Wildman–Crippen MR) is 117 cm³/mol. The molecule has 0 bridgehead atoms. The van der Waals surface area contributed by atoms with E-state index in [9.17, 15) is 4.79 Å². The Morgan fingerprint density at radius 2 is 1.83 bits per heavy atom. The van der Waals surface area contributed by atoms with E-state index in [1.54, 1.807) is 6.20 Å². The Morgan fingerprint density at radius 1 is 1.07 bits per heavy atom. The number of rotatable bonds is 4. The number of anilines is 1. The van der Waals surface area contributed by atoms with Crippen molar-refractivity contribution in [2.24, 2.45) is 0 Å². The molecule has 4 rings (SSSR count). The van der Waals surface area contributed by atoms with Crippen LogP contribution >= 0.6 is 11.6 Å². The summed E-state index contributed by atoms with van der Waals surface area (Å²) in [7, 11) is 0. The number of pyridine rings is 2. The summed E-state index contributed by atoms with van der Waals surface area (Å²) in [6, 6.07) is 9.72. The molecular weight excluding hydrogens is 384 g/mol. The Hall–Kier alpha value is -3.18. The Balaban J connectivity index is 1.67. The molecule has 0 aliphatic rings. The fourth-order valence-corrected chi connectivity index (χ4v) is 3.79. The first-order valence-electron chi connectivity index (χ1n) is 9.35. The largest absolute Gasteiger partial charge is 0.328 e. The van der Waals surface area contributed by atoms with Gasteiger partial charge in [-0.1, -0.05) is 35.4 Å². The zero-order chi connectivity index (χ0) is 20.5. The van der Waals surface area contributed by atoms with Gasteiger partial charge in [0.2, 0.25) is 0 Å². The van der Waals surface area contributed by atoms with Gasteiger partial charge in [-0.2, -0.15) is 0 Å². The minimum atomic E-state index is -0.275. The highest BCUT2D eigenvalue weighted by Gasteiger charge is 2.18. The molecule has 0 saturated carbocycles. The Labute approximate surface area is 174 Å². The second-order valence-electron chi connectivity index (χ2n) is 7.32. The minimum Gasteiger partial charge on any atom is -0.328 e. The van der Waals surface area contributed by atoms with Crippen LogP contribution in [0.2, 0.25) is 5.02 Å². The second-order valence-corrected chi connectivity index (χ2v) is 7.69. The summed E-state index contributed by atoms with van der Waals surface area (Å²) in [5.74, 6) is -0.275. The van der Waals surface area contributed by atoms with Gasteiger partial charge in [0.25, 0.3) is 5.91 Å². The molecule has 6 heteroatoms. The molecule has 0 spiro atoms. The van der Waals surface area contributed by atoms with E-state index in [2.05, 4.69) is 21.4 Å². The molecule has 1 aromatic carbocycles. The fraction of sp³-hybridized carbons (Fsp3) is 0.174. The van der Waals surface area contributed by atoms with Gasteiger partial charge >= 0.3 is 0 Å². The van der Waals surface area contributed by atoms with Crippen LogP contribution in [0.5, 0.6) is 0 Å². The zero-order valence-electron chi connectivity index (χ0n) is 16.5. The van der Waals surface area contributed by atoms with Gasteiger partial charge in [-0.3, -0.25) is 9.78 Å². The number of amides is 1. The zero-order valence-corrected chi connectivity index (χ0v) is 17.3. The molecule has 0 aliphatic heterocycles. The molecule has 0 saturated heterocycles. The number of carbonyl (C=O) groups excluding carboxylic acids is 1. The summed E-state index contributed by atoms with van der Waals surface area (Å²) >= 11 is 6.65. The second kappa shape index (κ2) is 7.68. The molecule has 5 nitrogen and oxygen atoms in total. The van der Waals surface area contributed by atoms with Gasteiger partial charge in [0.05, 0.1) is 17.1 Å². The van der Waals surface area contributed by atoms with Crippen LogP contribution in [0.1, 0.15) is 32.6 Å². The third-order valence-electron chi connectivity index (χ3n) is 4.85. The molecule has 1 amide bonds. The van der Waals surface area contributed by atoms with Crippen LogP contribution in [0, 0.1) is 20.8 Å². The highest BCUT2D eigenvalue weighted by Crippen LogP contribution is 2.31. The maximum Gasteiger partial charge on any atom is 0.258 e. The van der Waals surface area contributed by atoms with Gasteiger partial charge < -0.3 is 9.88 Å². The summed E-state index contributed by atoms with van der Waals surface area (Å²) in [5.41, 5.74) is 6.13. The van der Waals surface area contributed by atoms with Crippen LogP contribution < -0.4 is 5.32 Å². The molecule has 0 atom stereocenters. The first kappa shape index (κ1) is 19.2. The number of fused-ring (bicyclic) bond motifs is 1. The van der Waals surface area contributed by atoms with Crippen molar-refractivity contribution in [1.82, 2.24) is 14.5 Å². The lowest BCUT2D eigenvalue weighted by atomic mass is 10.1. The lowest BCUT2D eigenvalue weighted by molar-refractivity contribution is 0.102. The van der Waals surface area contributed by atoms with Gasteiger partial charge in [0.15, 0.2) is 0 Å². The fourth-order valence-electron chi connectivity index (χ4n) is 3.42. The quantitative estimate of drug-likeness (QED) is 0.501. The first-order valence-corrected chi connectivity index (χ1v) is 9.72. The van der Waals surface area contributed by atoms with Gasteiger partial charge in [0, 0.05) is 35.9 Å². The van der Waals surface area contributed by atoms with Gasteiger partial charge in [-0.25, -0.2) is 4.98 Å². The predicted octanol–water partition coefficient (Wildman–Crippen LogP) is 5.31. The molecule has 146 valence electrons. The van der Waals surface area contributed by atoms with Crippen molar-refractivity contribution in [3.63, 3.8) is 0 Å². The lowest BCUT2D eigenvalue weighted by Crippen LogP contribution is -2.13. The topological polar surface area (TPSA) is 59.8 Å². The van der Waals surface area contributed by atoms with Crippen molar-refractivity contribution in [2.45, 2.75) is 27.3 Å². The average molecular weight is 405 g/mol. The van der Waals surface area contributed by atoms with Gasteiger partial charge in [-0.15, -0.1) is 0 Å². The van der Waals surface area contributed by atoms with E-state index in [-0.39, 0.29) is 5.91 Å². The first-order chi connectivity index (χ1) is 13.9. The van der Waals surface area contributed by atoms with E-state index < -0.39 is 0 Å². The lowest BCUT2D eigenvalue weighted by Gasteiger charge is -2.09. The SMILES string of the molecule is Cc1ccc(NC(=O)c2cnc3c(c(C)cn3Cc3cncc(C)c3)c2Cl)cc1. The maximum absolute atomic E-state index is 12.8. The summed E-state index contributed by atoms with van der Waals surface area (Å²) in [6.45, 7) is 6.63. The van der Waals surface area contributed by atoms with E-state index in [0.717, 1.165) is 39.0 Å². The van der Waals surface area contributed by atoms with Crippen LogP contribution in [0.15, 0.2) is 55.1 Å². The molecule has 0 fully saturated rings. The van der Waals surface area contributed by atoms with Crippen LogP contribution in [-0.4, -0.2) is 20.4 Å². The van der Waals surface area contributed by atoms with Gasteiger partial charge in [-0.05, 0) is 49.6 Å². The van der Waals surface area contributed by atoms with Gasteiger partial charge in [0.1, 0.15) is 5.65 Å². The normalized spacial score (nSPS) is 11.0. The number of halogens is 1. The smallest absolute Gasteiger partial charge is 0.258 e. The van der Waals surface area contributed by atoms with E-state index in [1.807, 2.05) is 68.2 Å². The Morgan fingerprint density at radius 3 is 2.55 bits per heavy atom. The molecule has 29 heavy (non-hydrogen) atoms. The molecule has 0 radical (unpaired) electrons. The number of aryl methyl sites for hydroxylation is 3. The number of hydrogen-bond acceptors (Lipinski definition) is 3. The Kier molecular flexibility index (Phi) is 5.07. The summed E-state index contributed by atoms with van der Waals surface area (Å²) < 4.78 is 2.04. The van der Waals surface area contributed by atoms with Crippen LogP contribution in [0.3, 0.4) is 0 Å². The molecular formula is C23H21ClN4O. The highest BCUT2D eigenvalue weighted by molar-refractivity contribution is 6.39. The number of benzene rings is 1. The standard InChI is InChI=1S/C23H21ClN4O/c1-14-4-6-18(7-5-14)27-23(29)19-11-26-22-20(21(19)24)16(3)12-28(22)13-17-8-15(2)9-25-10-17/h4-12H,13H2,1-3H3,(H,27,29). The van der Waals surface area contributed by atoms with Crippen molar-refractivity contribution in [3.05, 3.63) is 88.0 Å². The minimum absolute atomic E-state index is 0.275. The highest BCUT2D eigenvalue weighted by atomic mass is 35.5. The summed E-state index contributed by atoms with van der Waals surface area (Å²) in [4.78, 5) is 21.6. The number of nitrogens with zero attached hydrogens (tertiary/aromatic N) is 3. The van der Waals surface area contributed by atoms with E-state index in [1.165, 1.54) is 0 Å². The van der Waals surface area contributed by atoms with Crippen molar-refractivity contribution in [2.75, 3.05) is 5.32 Å². The van der Waals surface area contributed by atoms with Crippen LogP contribution in [0.4, 0.5) is 5.69 Å². The summed E-state index contributed by atoms with van der Waals surface area (Å²) in [5, 5.41) is 4.10. The molecule has 1 N–H and O–H groups in total. The van der Waals surface area contributed by atoms with E-state index in [4.69, 9.17) is 11.6 Å². The van der Waals surface area contributed by atoms with Crippen molar-refractivity contribution in [1.29, 1.82) is 0 Å². The van der Waals surface area contributed by atoms with Crippen LogP contribution in [0.25, 0.3) is 11.0 Å². The van der Waals surface area contributed by atoms with E-state index >= 15 is 0 Å². The van der Waals surface area contributed by atoms with Crippen molar-refractivity contribution >= 4 is 34.2 Å².